The van der Waals surface area contributed by atoms with Crippen LogP contribution in [0, 0.1) is 24.2 Å². The lowest BCUT2D eigenvalue weighted by atomic mass is 9.99. The summed E-state index contributed by atoms with van der Waals surface area (Å²) in [6.45, 7) is 9.61. The maximum Gasteiger partial charge on any atom is 0.270 e. The van der Waals surface area contributed by atoms with Gasteiger partial charge in [0.25, 0.3) is 11.5 Å². The van der Waals surface area contributed by atoms with Gasteiger partial charge >= 0.3 is 0 Å². The number of hydrogen-bond donors (Lipinski definition) is 1. The molecule has 0 saturated carbocycles. The molecule has 1 aromatic carbocycles. The number of anilines is 1. The Bertz CT molecular complexity index is 1260. The molecule has 196 valence electrons. The molecule has 1 aliphatic rings. The lowest BCUT2D eigenvalue weighted by molar-refractivity contribution is -0.122. The molecule has 1 saturated heterocycles. The standard InChI is InChI=1S/C29H36N4O2S2/c1-5-8-12-21(6-2)19-33-28(35)25(37-29(33)36)17-23-20(4)24(18-30)27(34)32(7-3)26(23)31-16-15-22-13-10-9-11-14-22/h9-11,13-14,17,21,31H,5-8,12,15-16,19H2,1-4H3/b25-17+. The summed E-state index contributed by atoms with van der Waals surface area (Å²) in [5.74, 6) is 0.929. The van der Waals surface area contributed by atoms with Crippen molar-refractivity contribution in [2.24, 2.45) is 5.92 Å². The first-order chi connectivity index (χ1) is 17.9. The fourth-order valence-electron chi connectivity index (χ4n) is 4.59. The van der Waals surface area contributed by atoms with Gasteiger partial charge in [0.05, 0.1) is 4.91 Å². The Morgan fingerprint density at radius 1 is 1.19 bits per heavy atom. The van der Waals surface area contributed by atoms with E-state index in [1.807, 2.05) is 25.1 Å². The number of amides is 1. The number of carbonyl (C=O) groups is 1. The minimum Gasteiger partial charge on any atom is -0.371 e. The normalized spacial score (nSPS) is 15.3. The molecule has 1 unspecified atom stereocenters. The maximum atomic E-state index is 13.4. The number of nitrogens with zero attached hydrogens (tertiary/aromatic N) is 3. The van der Waals surface area contributed by atoms with Crippen molar-refractivity contribution in [3.05, 3.63) is 67.8 Å². The number of unbranched alkanes of at least 4 members (excludes halogenated alkanes) is 1. The van der Waals surface area contributed by atoms with E-state index in [1.165, 1.54) is 17.3 Å². The van der Waals surface area contributed by atoms with Crippen molar-refractivity contribution in [3.63, 3.8) is 0 Å². The zero-order chi connectivity index (χ0) is 26.9. The van der Waals surface area contributed by atoms with E-state index >= 15 is 0 Å². The first-order valence-electron chi connectivity index (χ1n) is 13.1. The van der Waals surface area contributed by atoms with E-state index in [2.05, 4.69) is 37.4 Å². The van der Waals surface area contributed by atoms with Gasteiger partial charge in [-0.1, -0.05) is 87.4 Å². The van der Waals surface area contributed by atoms with Gasteiger partial charge in [-0.25, -0.2) is 0 Å². The van der Waals surface area contributed by atoms with Gasteiger partial charge in [-0.2, -0.15) is 5.26 Å². The van der Waals surface area contributed by atoms with Gasteiger partial charge in [-0.05, 0) is 49.8 Å². The van der Waals surface area contributed by atoms with Crippen molar-refractivity contribution in [1.29, 1.82) is 5.26 Å². The second-order valence-corrected chi connectivity index (χ2v) is 11.0. The Labute approximate surface area is 229 Å². The maximum absolute atomic E-state index is 13.4. The molecule has 8 heteroatoms. The Kier molecular flexibility index (Phi) is 10.5. The van der Waals surface area contributed by atoms with Gasteiger partial charge in [0.15, 0.2) is 0 Å². The van der Waals surface area contributed by atoms with Crippen LogP contribution in [0.15, 0.2) is 40.0 Å². The SMILES string of the molecule is CCCCC(CC)CN1C(=O)/C(=C\c2c(C)c(C#N)c(=O)n(CC)c2NCCc2ccccc2)SC1=S. The summed E-state index contributed by atoms with van der Waals surface area (Å²) in [7, 11) is 0. The predicted molar refractivity (Wildman–Crippen MR) is 158 cm³/mol. The molecule has 37 heavy (non-hydrogen) atoms. The van der Waals surface area contributed by atoms with Gasteiger partial charge < -0.3 is 5.32 Å². The van der Waals surface area contributed by atoms with E-state index in [0.29, 0.717) is 51.7 Å². The van der Waals surface area contributed by atoms with Crippen LogP contribution >= 0.6 is 24.0 Å². The summed E-state index contributed by atoms with van der Waals surface area (Å²) in [5.41, 5.74) is 2.21. The molecule has 1 aliphatic heterocycles. The third kappa shape index (κ3) is 6.71. The zero-order valence-corrected chi connectivity index (χ0v) is 23.8. The third-order valence-electron chi connectivity index (χ3n) is 6.87. The smallest absolute Gasteiger partial charge is 0.270 e. The van der Waals surface area contributed by atoms with Crippen LogP contribution in [0.2, 0.25) is 0 Å². The van der Waals surface area contributed by atoms with Crippen LogP contribution in [0.1, 0.15) is 68.7 Å². The van der Waals surface area contributed by atoms with E-state index in [9.17, 15) is 14.9 Å². The molecule has 6 nitrogen and oxygen atoms in total. The van der Waals surface area contributed by atoms with Crippen LogP contribution in [-0.4, -0.2) is 32.8 Å². The molecule has 2 aromatic rings. The highest BCUT2D eigenvalue weighted by atomic mass is 32.2. The van der Waals surface area contributed by atoms with Gasteiger partial charge in [-0.15, -0.1) is 0 Å². The van der Waals surface area contributed by atoms with E-state index in [-0.39, 0.29) is 17.0 Å². The van der Waals surface area contributed by atoms with E-state index in [4.69, 9.17) is 12.2 Å². The van der Waals surface area contributed by atoms with Gasteiger partial charge in [-0.3, -0.25) is 19.1 Å². The van der Waals surface area contributed by atoms with Crippen LogP contribution in [0.5, 0.6) is 0 Å². The fourth-order valence-corrected chi connectivity index (χ4v) is 5.85. The van der Waals surface area contributed by atoms with E-state index in [1.54, 1.807) is 22.5 Å². The largest absolute Gasteiger partial charge is 0.371 e. The Hall–Kier alpha value is -2.89. The summed E-state index contributed by atoms with van der Waals surface area (Å²) >= 11 is 6.89. The number of nitrogens with one attached hydrogen (secondary N) is 1. The van der Waals surface area contributed by atoms with Gasteiger partial charge in [0, 0.05) is 25.2 Å². The summed E-state index contributed by atoms with van der Waals surface area (Å²) < 4.78 is 2.15. The van der Waals surface area contributed by atoms with Crippen molar-refractivity contribution in [1.82, 2.24) is 9.47 Å². The molecule has 0 radical (unpaired) electrons. The summed E-state index contributed by atoms with van der Waals surface area (Å²) in [4.78, 5) is 28.8. The molecule has 2 heterocycles. The molecule has 3 rings (SSSR count). The van der Waals surface area contributed by atoms with Gasteiger partial charge in [0.1, 0.15) is 21.8 Å². The summed E-state index contributed by atoms with van der Waals surface area (Å²) in [6, 6.07) is 12.2. The molecule has 1 atom stereocenters. The highest BCUT2D eigenvalue weighted by molar-refractivity contribution is 8.26. The third-order valence-corrected chi connectivity index (χ3v) is 8.25. The van der Waals surface area contributed by atoms with E-state index in [0.717, 1.165) is 32.1 Å². The van der Waals surface area contributed by atoms with Crippen molar-refractivity contribution in [2.75, 3.05) is 18.4 Å². The number of rotatable bonds is 12. The highest BCUT2D eigenvalue weighted by Gasteiger charge is 2.34. The second-order valence-electron chi connectivity index (χ2n) is 9.29. The van der Waals surface area contributed by atoms with Crippen molar-refractivity contribution >= 4 is 46.1 Å². The number of hydrogen-bond acceptors (Lipinski definition) is 6. The molecule has 1 aromatic heterocycles. The molecule has 1 fully saturated rings. The minimum absolute atomic E-state index is 0.0998. The molecule has 0 aliphatic carbocycles. The molecule has 0 bridgehead atoms. The van der Waals surface area contributed by atoms with Crippen LogP contribution in [0.25, 0.3) is 6.08 Å². The Balaban J connectivity index is 1.97. The number of nitriles is 1. The zero-order valence-electron chi connectivity index (χ0n) is 22.2. The molecular formula is C29H36N4O2S2. The number of thioether (sulfide) groups is 1. The summed E-state index contributed by atoms with van der Waals surface area (Å²) in [5, 5.41) is 13.2. The number of benzene rings is 1. The van der Waals surface area contributed by atoms with Gasteiger partial charge in [0.2, 0.25) is 0 Å². The number of aromatic nitrogens is 1. The lowest BCUT2D eigenvalue weighted by Crippen LogP contribution is -2.33. The molecule has 1 N–H and O–H groups in total. The highest BCUT2D eigenvalue weighted by Crippen LogP contribution is 2.36. The predicted octanol–water partition coefficient (Wildman–Crippen LogP) is 6.12. The van der Waals surface area contributed by atoms with Crippen molar-refractivity contribution in [2.45, 2.75) is 66.3 Å². The number of thiocarbonyl (C=S) groups is 1. The van der Waals surface area contributed by atoms with Crippen molar-refractivity contribution < 1.29 is 4.79 Å². The Morgan fingerprint density at radius 3 is 2.54 bits per heavy atom. The summed E-state index contributed by atoms with van der Waals surface area (Å²) in [6.07, 6.45) is 6.91. The van der Waals surface area contributed by atoms with Crippen molar-refractivity contribution in [3.8, 4) is 6.07 Å². The quantitative estimate of drug-likeness (QED) is 0.260. The molecule has 1 amide bonds. The topological polar surface area (TPSA) is 78.1 Å². The second kappa shape index (κ2) is 13.6. The molecular weight excluding hydrogens is 500 g/mol. The average Bonchev–Trinajstić information content (AvgIpc) is 3.16. The fraction of sp³-hybridized carbons (Fsp3) is 0.448. The average molecular weight is 537 g/mol. The first-order valence-corrected chi connectivity index (χ1v) is 14.3. The molecule has 0 spiro atoms. The monoisotopic (exact) mass is 536 g/mol. The van der Waals surface area contributed by atoms with Crippen LogP contribution in [0.4, 0.5) is 5.82 Å². The van der Waals surface area contributed by atoms with Crippen LogP contribution in [0.3, 0.4) is 0 Å². The number of pyridine rings is 1. The van der Waals surface area contributed by atoms with E-state index < -0.39 is 0 Å². The first kappa shape index (κ1) is 28.7. The lowest BCUT2D eigenvalue weighted by Gasteiger charge is -2.22. The van der Waals surface area contributed by atoms with Crippen LogP contribution in [-0.2, 0) is 17.8 Å². The van der Waals surface area contributed by atoms with Crippen LogP contribution < -0.4 is 10.9 Å². The Morgan fingerprint density at radius 2 is 1.92 bits per heavy atom. The minimum atomic E-state index is -0.323. The number of carbonyl (C=O) groups excluding carboxylic acids is 1.